The lowest BCUT2D eigenvalue weighted by molar-refractivity contribution is -0.133. The molecule has 1 N–H and O–H groups in total. The van der Waals surface area contributed by atoms with Crippen LogP contribution in [0.1, 0.15) is 32.0 Å². The number of nitrogens with one attached hydrogen (secondary N) is 1. The molecule has 6 heteroatoms. The zero-order valence-electron chi connectivity index (χ0n) is 12.5. The maximum absolute atomic E-state index is 13.5. The first kappa shape index (κ1) is 15.9. The van der Waals surface area contributed by atoms with Gasteiger partial charge in [0.05, 0.1) is 12.1 Å². The minimum atomic E-state index is -0.918. The van der Waals surface area contributed by atoms with Gasteiger partial charge in [-0.15, -0.1) is 0 Å². The van der Waals surface area contributed by atoms with Crippen molar-refractivity contribution >= 4 is 5.91 Å². The average molecular weight is 298 g/mol. The third-order valence-electron chi connectivity index (χ3n) is 4.00. The van der Waals surface area contributed by atoms with Crippen molar-refractivity contribution in [3.8, 4) is 0 Å². The number of benzene rings is 1. The molecule has 1 heterocycles. The molecule has 0 saturated carbocycles. The van der Waals surface area contributed by atoms with Crippen molar-refractivity contribution in [3.63, 3.8) is 0 Å². The molecule has 1 aromatic carbocycles. The van der Waals surface area contributed by atoms with Crippen molar-refractivity contribution in [1.82, 2.24) is 10.2 Å². The maximum atomic E-state index is 13.5. The number of halogens is 2. The summed E-state index contributed by atoms with van der Waals surface area (Å²) < 4.78 is 31.6. The molecule has 21 heavy (non-hydrogen) atoms. The van der Waals surface area contributed by atoms with Crippen LogP contribution in [0.5, 0.6) is 0 Å². The summed E-state index contributed by atoms with van der Waals surface area (Å²) in [4.78, 5) is 14.2. The van der Waals surface area contributed by atoms with Gasteiger partial charge in [0.2, 0.25) is 5.91 Å². The van der Waals surface area contributed by atoms with E-state index in [1.165, 1.54) is 6.07 Å². The van der Waals surface area contributed by atoms with E-state index in [-0.39, 0.29) is 5.91 Å². The van der Waals surface area contributed by atoms with Crippen LogP contribution in [0.3, 0.4) is 0 Å². The number of ether oxygens (including phenoxy) is 1. The topological polar surface area (TPSA) is 41.6 Å². The highest BCUT2D eigenvalue weighted by atomic mass is 19.2. The minimum absolute atomic E-state index is 0.0585. The van der Waals surface area contributed by atoms with Gasteiger partial charge in [-0.2, -0.15) is 0 Å². The van der Waals surface area contributed by atoms with E-state index in [2.05, 4.69) is 5.32 Å². The number of methoxy groups -OCH3 is 1. The number of nitrogens with zero attached hydrogens (tertiary/aromatic N) is 1. The largest absolute Gasteiger partial charge is 0.383 e. The molecule has 1 fully saturated rings. The van der Waals surface area contributed by atoms with Crippen molar-refractivity contribution in [1.29, 1.82) is 0 Å². The van der Waals surface area contributed by atoms with Gasteiger partial charge < -0.3 is 9.64 Å². The predicted octanol–water partition coefficient (Wildman–Crippen LogP) is 2.21. The number of carbonyl (C=O) groups is 1. The Hall–Kier alpha value is -1.53. The van der Waals surface area contributed by atoms with Crippen molar-refractivity contribution in [2.24, 2.45) is 0 Å². The lowest BCUT2D eigenvalue weighted by Crippen LogP contribution is -2.43. The van der Waals surface area contributed by atoms with Crippen LogP contribution in [0.4, 0.5) is 8.78 Å². The second-order valence-corrected chi connectivity index (χ2v) is 5.40. The van der Waals surface area contributed by atoms with Gasteiger partial charge >= 0.3 is 0 Å². The van der Waals surface area contributed by atoms with Crippen LogP contribution in [0, 0.1) is 11.6 Å². The molecule has 0 aliphatic carbocycles. The monoisotopic (exact) mass is 298 g/mol. The first-order valence-electron chi connectivity index (χ1n) is 6.95. The Kier molecular flexibility index (Phi) is 4.58. The van der Waals surface area contributed by atoms with E-state index in [4.69, 9.17) is 4.74 Å². The predicted molar refractivity (Wildman–Crippen MR) is 74.5 cm³/mol. The molecule has 1 aromatic rings. The molecule has 0 aromatic heterocycles. The molecule has 0 radical (unpaired) electrons. The van der Waals surface area contributed by atoms with E-state index in [0.717, 1.165) is 12.1 Å². The van der Waals surface area contributed by atoms with Crippen LogP contribution in [0.15, 0.2) is 18.2 Å². The molecule has 2 rings (SSSR count). The van der Waals surface area contributed by atoms with Gasteiger partial charge in [-0.25, -0.2) is 8.78 Å². The SMILES string of the molecule is CCC1(C)NC(c2ccc(F)c(F)c2)N(CCOC)C1=O. The maximum Gasteiger partial charge on any atom is 0.244 e. The first-order chi connectivity index (χ1) is 9.92. The van der Waals surface area contributed by atoms with Gasteiger partial charge in [-0.1, -0.05) is 13.0 Å². The van der Waals surface area contributed by atoms with Gasteiger partial charge in [-0.05, 0) is 31.0 Å². The number of carbonyl (C=O) groups excluding carboxylic acids is 1. The third-order valence-corrected chi connectivity index (χ3v) is 4.00. The number of amides is 1. The summed E-state index contributed by atoms with van der Waals surface area (Å²) in [7, 11) is 1.56. The standard InChI is InChI=1S/C15H20F2N2O2/c1-4-15(2)14(20)19(7-8-21-3)13(18-15)10-5-6-11(16)12(17)9-10/h5-6,9,13,18H,4,7-8H2,1-3H3. The molecule has 1 amide bonds. The number of hydrogen-bond donors (Lipinski definition) is 1. The first-order valence-corrected chi connectivity index (χ1v) is 6.95. The van der Waals surface area contributed by atoms with Crippen LogP contribution in [-0.2, 0) is 9.53 Å². The lowest BCUT2D eigenvalue weighted by atomic mass is 9.99. The third kappa shape index (κ3) is 2.91. The molecular formula is C15H20F2N2O2. The summed E-state index contributed by atoms with van der Waals surface area (Å²) in [6, 6.07) is 3.69. The van der Waals surface area contributed by atoms with Crippen molar-refractivity contribution in [2.45, 2.75) is 32.0 Å². The Morgan fingerprint density at radius 1 is 1.38 bits per heavy atom. The fourth-order valence-electron chi connectivity index (χ4n) is 2.49. The lowest BCUT2D eigenvalue weighted by Gasteiger charge is -2.24. The van der Waals surface area contributed by atoms with Crippen molar-refractivity contribution in [3.05, 3.63) is 35.4 Å². The second kappa shape index (κ2) is 6.07. The summed E-state index contributed by atoms with van der Waals surface area (Å²) >= 11 is 0. The van der Waals surface area contributed by atoms with E-state index < -0.39 is 23.3 Å². The molecule has 0 bridgehead atoms. The van der Waals surface area contributed by atoms with E-state index in [0.29, 0.717) is 25.1 Å². The molecule has 4 nitrogen and oxygen atoms in total. The van der Waals surface area contributed by atoms with Crippen LogP contribution < -0.4 is 5.32 Å². The Morgan fingerprint density at radius 2 is 2.10 bits per heavy atom. The van der Waals surface area contributed by atoms with Gasteiger partial charge in [0.25, 0.3) is 0 Å². The van der Waals surface area contributed by atoms with E-state index in [9.17, 15) is 13.6 Å². The molecule has 1 aliphatic heterocycles. The molecule has 0 spiro atoms. The van der Waals surface area contributed by atoms with E-state index in [1.54, 1.807) is 12.0 Å². The second-order valence-electron chi connectivity index (χ2n) is 5.40. The molecular weight excluding hydrogens is 278 g/mol. The smallest absolute Gasteiger partial charge is 0.244 e. The summed E-state index contributed by atoms with van der Waals surface area (Å²) in [5.41, 5.74) is -0.181. The molecule has 1 aliphatic rings. The highest BCUT2D eigenvalue weighted by Crippen LogP contribution is 2.32. The quantitative estimate of drug-likeness (QED) is 0.906. The van der Waals surface area contributed by atoms with E-state index >= 15 is 0 Å². The summed E-state index contributed by atoms with van der Waals surface area (Å²) in [6.07, 6.45) is 0.128. The Labute approximate surface area is 123 Å². The van der Waals surface area contributed by atoms with Gasteiger partial charge in [0.1, 0.15) is 6.17 Å². The Bertz CT molecular complexity index is 538. The zero-order chi connectivity index (χ0) is 15.6. The summed E-state index contributed by atoms with van der Waals surface area (Å²) in [6.45, 7) is 4.50. The number of rotatable bonds is 5. The average Bonchev–Trinajstić information content (AvgIpc) is 2.73. The fraction of sp³-hybridized carbons (Fsp3) is 0.533. The molecule has 1 saturated heterocycles. The van der Waals surface area contributed by atoms with Gasteiger partial charge in [0, 0.05) is 13.7 Å². The highest BCUT2D eigenvalue weighted by Gasteiger charge is 2.47. The molecule has 116 valence electrons. The Balaban J connectivity index is 2.34. The minimum Gasteiger partial charge on any atom is -0.383 e. The summed E-state index contributed by atoms with van der Waals surface area (Å²) in [5.74, 6) is -1.87. The van der Waals surface area contributed by atoms with Gasteiger partial charge in [-0.3, -0.25) is 10.1 Å². The zero-order valence-corrected chi connectivity index (χ0v) is 12.5. The summed E-state index contributed by atoms with van der Waals surface area (Å²) in [5, 5.41) is 3.22. The van der Waals surface area contributed by atoms with Gasteiger partial charge in [0.15, 0.2) is 11.6 Å². The van der Waals surface area contributed by atoms with Crippen LogP contribution in [-0.4, -0.2) is 36.6 Å². The van der Waals surface area contributed by atoms with Crippen LogP contribution >= 0.6 is 0 Å². The van der Waals surface area contributed by atoms with Crippen molar-refractivity contribution in [2.75, 3.05) is 20.3 Å². The normalized spacial score (nSPS) is 25.7. The van der Waals surface area contributed by atoms with E-state index in [1.807, 2.05) is 13.8 Å². The van der Waals surface area contributed by atoms with Crippen LogP contribution in [0.2, 0.25) is 0 Å². The highest BCUT2D eigenvalue weighted by molar-refractivity contribution is 5.88. The van der Waals surface area contributed by atoms with Crippen LogP contribution in [0.25, 0.3) is 0 Å². The molecule has 2 atom stereocenters. The number of hydrogen-bond acceptors (Lipinski definition) is 3. The Morgan fingerprint density at radius 3 is 2.67 bits per heavy atom. The fourth-order valence-corrected chi connectivity index (χ4v) is 2.49. The molecule has 2 unspecified atom stereocenters. The van der Waals surface area contributed by atoms with Crippen molar-refractivity contribution < 1.29 is 18.3 Å².